The number of hydrogen-bond acceptors (Lipinski definition) is 2. The average molecular weight is 345 g/mol. The van der Waals surface area contributed by atoms with Gasteiger partial charge in [-0.3, -0.25) is 9.59 Å². The number of allylic oxidation sites excluding steroid dienone is 4. The Morgan fingerprint density at radius 1 is 1.25 bits per heavy atom. The Labute approximate surface area is 150 Å². The van der Waals surface area contributed by atoms with Crippen molar-refractivity contribution in [3.05, 3.63) is 23.8 Å². The number of ketones is 1. The van der Waals surface area contributed by atoms with Crippen molar-refractivity contribution in [2.45, 2.75) is 52.9 Å². The average Bonchev–Trinajstić information content (AvgIpc) is 2.78. The SMILES string of the molecule is C[C@@H]1C[C@H]2[C@@H]3CCC4=CC(=O)C=C[C@]4(C)[C@H]3CC[C@]2(C)C1C(=O)S. The normalized spacial score (nSPS) is 49.9. The van der Waals surface area contributed by atoms with Crippen LogP contribution in [0, 0.1) is 40.4 Å². The molecule has 4 rings (SSSR count). The summed E-state index contributed by atoms with van der Waals surface area (Å²) >= 11 is 4.25. The van der Waals surface area contributed by atoms with Gasteiger partial charge in [0.1, 0.15) is 0 Å². The van der Waals surface area contributed by atoms with Gasteiger partial charge in [0.2, 0.25) is 0 Å². The molecule has 7 atom stereocenters. The second kappa shape index (κ2) is 5.33. The van der Waals surface area contributed by atoms with Crippen molar-refractivity contribution in [2.24, 2.45) is 40.4 Å². The van der Waals surface area contributed by atoms with Crippen LogP contribution in [-0.2, 0) is 9.59 Å². The van der Waals surface area contributed by atoms with Gasteiger partial charge in [0.05, 0.1) is 0 Å². The van der Waals surface area contributed by atoms with Gasteiger partial charge in [0, 0.05) is 11.3 Å². The molecular weight excluding hydrogens is 316 g/mol. The largest absolute Gasteiger partial charge is 0.290 e. The molecule has 3 saturated carbocycles. The van der Waals surface area contributed by atoms with Gasteiger partial charge in [-0.2, -0.15) is 0 Å². The van der Waals surface area contributed by atoms with E-state index < -0.39 is 0 Å². The van der Waals surface area contributed by atoms with Crippen LogP contribution in [0.25, 0.3) is 0 Å². The zero-order valence-corrected chi connectivity index (χ0v) is 15.8. The van der Waals surface area contributed by atoms with Crippen LogP contribution in [0.15, 0.2) is 23.8 Å². The Bertz CT molecular complexity index is 663. The van der Waals surface area contributed by atoms with E-state index in [0.717, 1.165) is 25.7 Å². The highest BCUT2D eigenvalue weighted by molar-refractivity contribution is 7.96. The van der Waals surface area contributed by atoms with E-state index in [4.69, 9.17) is 0 Å². The highest BCUT2D eigenvalue weighted by atomic mass is 32.1. The van der Waals surface area contributed by atoms with Gasteiger partial charge in [-0.15, -0.1) is 12.6 Å². The molecule has 24 heavy (non-hydrogen) atoms. The lowest BCUT2D eigenvalue weighted by atomic mass is 9.48. The van der Waals surface area contributed by atoms with Gasteiger partial charge in [-0.05, 0) is 73.3 Å². The van der Waals surface area contributed by atoms with Crippen LogP contribution in [0.1, 0.15) is 52.9 Å². The lowest BCUT2D eigenvalue weighted by Crippen LogP contribution is -2.50. The number of rotatable bonds is 1. The minimum Gasteiger partial charge on any atom is -0.290 e. The van der Waals surface area contributed by atoms with Crippen molar-refractivity contribution in [3.63, 3.8) is 0 Å². The number of fused-ring (bicyclic) bond motifs is 5. The van der Waals surface area contributed by atoms with Gasteiger partial charge in [0.25, 0.3) is 0 Å². The third kappa shape index (κ3) is 2.09. The van der Waals surface area contributed by atoms with Crippen LogP contribution < -0.4 is 0 Å². The summed E-state index contributed by atoms with van der Waals surface area (Å²) in [4.78, 5) is 24.0. The Kier molecular flexibility index (Phi) is 3.69. The summed E-state index contributed by atoms with van der Waals surface area (Å²) in [5.74, 6) is 2.61. The van der Waals surface area contributed by atoms with Gasteiger partial charge < -0.3 is 0 Å². The maximum atomic E-state index is 12.2. The molecule has 2 nitrogen and oxygen atoms in total. The van der Waals surface area contributed by atoms with E-state index in [9.17, 15) is 9.59 Å². The van der Waals surface area contributed by atoms with Crippen molar-refractivity contribution < 1.29 is 9.59 Å². The Hall–Kier alpha value is -0.830. The number of hydrogen-bond donors (Lipinski definition) is 1. The van der Waals surface area contributed by atoms with Crippen LogP contribution in [0.2, 0.25) is 0 Å². The Morgan fingerprint density at radius 3 is 2.71 bits per heavy atom. The summed E-state index contributed by atoms with van der Waals surface area (Å²) in [6.07, 6.45) is 11.5. The van der Waals surface area contributed by atoms with Crippen molar-refractivity contribution in [2.75, 3.05) is 0 Å². The minimum absolute atomic E-state index is 0.0461. The van der Waals surface area contributed by atoms with Crippen molar-refractivity contribution >= 4 is 23.5 Å². The zero-order valence-electron chi connectivity index (χ0n) is 14.9. The predicted molar refractivity (Wildman–Crippen MR) is 98.6 cm³/mol. The molecular formula is C21H28O2S. The molecule has 0 spiro atoms. The van der Waals surface area contributed by atoms with Gasteiger partial charge >= 0.3 is 0 Å². The number of thiol groups is 1. The molecule has 0 aliphatic heterocycles. The highest BCUT2D eigenvalue weighted by Crippen LogP contribution is 2.67. The van der Waals surface area contributed by atoms with E-state index in [1.165, 1.54) is 12.0 Å². The second-order valence-corrected chi connectivity index (χ2v) is 9.62. The zero-order chi connectivity index (χ0) is 17.3. The quantitative estimate of drug-likeness (QED) is 0.705. The summed E-state index contributed by atoms with van der Waals surface area (Å²) in [6, 6.07) is 0. The van der Waals surface area contributed by atoms with Gasteiger partial charge in [-0.25, -0.2) is 0 Å². The fraction of sp³-hybridized carbons (Fsp3) is 0.714. The number of carbonyl (C=O) groups excluding carboxylic acids is 2. The molecule has 0 amide bonds. The third-order valence-electron chi connectivity index (χ3n) is 8.17. The fourth-order valence-corrected chi connectivity index (χ4v) is 7.64. The molecule has 130 valence electrons. The summed E-state index contributed by atoms with van der Waals surface area (Å²) in [5.41, 5.74) is 1.50. The van der Waals surface area contributed by atoms with E-state index in [0.29, 0.717) is 23.7 Å². The molecule has 0 heterocycles. The third-order valence-corrected chi connectivity index (χ3v) is 8.44. The smallest absolute Gasteiger partial charge is 0.189 e. The molecule has 4 aliphatic rings. The molecule has 0 radical (unpaired) electrons. The first-order valence-corrected chi connectivity index (χ1v) is 9.89. The summed E-state index contributed by atoms with van der Waals surface area (Å²) in [7, 11) is 0. The van der Waals surface area contributed by atoms with Crippen LogP contribution in [-0.4, -0.2) is 10.9 Å². The molecule has 1 unspecified atom stereocenters. The molecule has 3 fully saturated rings. The fourth-order valence-electron chi connectivity index (χ4n) is 7.09. The molecule has 0 saturated heterocycles. The predicted octanol–water partition coefficient (Wildman–Crippen LogP) is 4.61. The minimum atomic E-state index is 0.0461. The molecule has 0 aromatic carbocycles. The standard InChI is InChI=1S/C21H28O2S/c1-12-10-17-15-5-4-13-11-14(22)6-8-20(13,2)16(15)7-9-21(17,3)18(12)19(23)24/h6,8,11-12,15-18H,4-5,7,9-10H2,1-3H3,(H,23,24)/t12-,15-,16+,17+,18?,20+,21+/m1/s1. The molecule has 0 bridgehead atoms. The van der Waals surface area contributed by atoms with Crippen LogP contribution >= 0.6 is 12.6 Å². The van der Waals surface area contributed by atoms with Crippen LogP contribution in [0.5, 0.6) is 0 Å². The number of carbonyl (C=O) groups is 2. The van der Waals surface area contributed by atoms with E-state index in [2.05, 4.69) is 39.5 Å². The lowest BCUT2D eigenvalue weighted by molar-refractivity contribution is -0.121. The molecule has 4 aliphatic carbocycles. The van der Waals surface area contributed by atoms with E-state index >= 15 is 0 Å². The van der Waals surface area contributed by atoms with Gasteiger partial charge in [-0.1, -0.05) is 32.4 Å². The lowest BCUT2D eigenvalue weighted by Gasteiger charge is -2.56. The summed E-state index contributed by atoms with van der Waals surface area (Å²) < 4.78 is 0. The highest BCUT2D eigenvalue weighted by Gasteiger charge is 2.61. The van der Waals surface area contributed by atoms with Crippen molar-refractivity contribution in [1.82, 2.24) is 0 Å². The molecule has 0 aromatic rings. The van der Waals surface area contributed by atoms with Crippen LogP contribution in [0.4, 0.5) is 0 Å². The Morgan fingerprint density at radius 2 is 2.00 bits per heavy atom. The van der Waals surface area contributed by atoms with Crippen molar-refractivity contribution in [3.8, 4) is 0 Å². The summed E-state index contributed by atoms with van der Waals surface area (Å²) in [5, 5.41) is 0.0942. The first-order chi connectivity index (χ1) is 11.3. The Balaban J connectivity index is 1.70. The first kappa shape index (κ1) is 16.6. The van der Waals surface area contributed by atoms with E-state index in [1.54, 1.807) is 6.08 Å². The van der Waals surface area contributed by atoms with E-state index in [1.807, 2.05) is 6.08 Å². The molecule has 0 N–H and O–H groups in total. The molecule has 0 aromatic heterocycles. The molecule has 3 heteroatoms. The summed E-state index contributed by atoms with van der Waals surface area (Å²) in [6.45, 7) is 6.93. The second-order valence-electron chi connectivity index (χ2n) is 9.18. The monoisotopic (exact) mass is 344 g/mol. The topological polar surface area (TPSA) is 34.1 Å². The first-order valence-electron chi connectivity index (χ1n) is 9.44. The van der Waals surface area contributed by atoms with Crippen LogP contribution in [0.3, 0.4) is 0 Å². The maximum Gasteiger partial charge on any atom is 0.189 e. The maximum absolute atomic E-state index is 12.2. The van der Waals surface area contributed by atoms with Crippen molar-refractivity contribution in [1.29, 1.82) is 0 Å². The van der Waals surface area contributed by atoms with Gasteiger partial charge in [0.15, 0.2) is 10.9 Å². The van der Waals surface area contributed by atoms with E-state index in [-0.39, 0.29) is 27.6 Å².